The molecule has 1 heterocycles. The molecule has 112 valence electrons. The van der Waals surface area contributed by atoms with E-state index in [-0.39, 0.29) is 5.91 Å². The zero-order valence-electron chi connectivity index (χ0n) is 12.9. The van der Waals surface area contributed by atoms with Crippen LogP contribution in [-0.4, -0.2) is 27.6 Å². The quantitative estimate of drug-likeness (QED) is 0.846. The molecule has 5 heteroatoms. The molecular formula is C16H20BrN3O. The van der Waals surface area contributed by atoms with Crippen molar-refractivity contribution >= 4 is 21.8 Å². The Labute approximate surface area is 133 Å². The van der Waals surface area contributed by atoms with Crippen molar-refractivity contribution in [1.29, 1.82) is 0 Å². The second-order valence-electron chi connectivity index (χ2n) is 5.14. The van der Waals surface area contributed by atoms with Crippen molar-refractivity contribution in [3.8, 4) is 0 Å². The smallest absolute Gasteiger partial charge is 0.253 e. The van der Waals surface area contributed by atoms with E-state index in [2.05, 4.69) is 34.9 Å². The zero-order chi connectivity index (χ0) is 15.6. The minimum absolute atomic E-state index is 0.0133. The van der Waals surface area contributed by atoms with Gasteiger partial charge in [-0.3, -0.25) is 9.48 Å². The van der Waals surface area contributed by atoms with Gasteiger partial charge in [-0.1, -0.05) is 22.0 Å². The molecule has 0 aliphatic rings. The van der Waals surface area contributed by atoms with Crippen molar-refractivity contribution in [3.05, 3.63) is 51.3 Å². The lowest BCUT2D eigenvalue weighted by molar-refractivity contribution is 0.0784. The summed E-state index contributed by atoms with van der Waals surface area (Å²) in [7, 11) is 1.82. The summed E-state index contributed by atoms with van der Waals surface area (Å²) in [5.41, 5.74) is 3.93. The molecule has 0 unspecified atom stereocenters. The second kappa shape index (κ2) is 6.43. The summed E-state index contributed by atoms with van der Waals surface area (Å²) >= 11 is 3.40. The number of nitrogens with zero attached hydrogens (tertiary/aromatic N) is 3. The Kier molecular flexibility index (Phi) is 4.83. The van der Waals surface area contributed by atoms with Crippen LogP contribution in [0.4, 0.5) is 0 Å². The maximum absolute atomic E-state index is 12.5. The Morgan fingerprint density at radius 1 is 1.38 bits per heavy atom. The second-order valence-corrected chi connectivity index (χ2v) is 6.05. The third-order valence-corrected chi connectivity index (χ3v) is 4.14. The molecule has 2 aromatic rings. The van der Waals surface area contributed by atoms with Gasteiger partial charge in [0, 0.05) is 41.4 Å². The van der Waals surface area contributed by atoms with Crippen molar-refractivity contribution in [2.75, 3.05) is 7.05 Å². The van der Waals surface area contributed by atoms with E-state index in [1.54, 1.807) is 4.90 Å². The van der Waals surface area contributed by atoms with Crippen molar-refractivity contribution in [1.82, 2.24) is 14.7 Å². The first kappa shape index (κ1) is 15.8. The van der Waals surface area contributed by atoms with Gasteiger partial charge in [-0.2, -0.15) is 5.10 Å². The number of halogens is 1. The molecule has 0 radical (unpaired) electrons. The molecule has 0 spiro atoms. The minimum atomic E-state index is 0.0133. The standard InChI is InChI=1S/C16H20BrN3O/c1-5-20-12(3)15(11(2)18-20)10-19(4)16(21)13-7-6-8-14(17)9-13/h6-9H,5,10H2,1-4H3. The van der Waals surface area contributed by atoms with Gasteiger partial charge in [0.15, 0.2) is 0 Å². The van der Waals surface area contributed by atoms with E-state index < -0.39 is 0 Å². The normalized spacial score (nSPS) is 10.7. The number of aryl methyl sites for hydroxylation is 2. The Balaban J connectivity index is 2.20. The van der Waals surface area contributed by atoms with Crippen LogP contribution in [-0.2, 0) is 13.1 Å². The van der Waals surface area contributed by atoms with Crippen LogP contribution in [0.1, 0.15) is 34.2 Å². The van der Waals surface area contributed by atoms with Gasteiger partial charge in [-0.05, 0) is 39.0 Å². The first-order chi connectivity index (χ1) is 9.93. The van der Waals surface area contributed by atoms with E-state index in [0.29, 0.717) is 12.1 Å². The number of benzene rings is 1. The lowest BCUT2D eigenvalue weighted by Crippen LogP contribution is -2.26. The third-order valence-electron chi connectivity index (χ3n) is 3.64. The Bertz CT molecular complexity index is 664. The molecule has 4 nitrogen and oxygen atoms in total. The molecule has 0 aliphatic heterocycles. The highest BCUT2D eigenvalue weighted by molar-refractivity contribution is 9.10. The van der Waals surface area contributed by atoms with Crippen molar-refractivity contribution < 1.29 is 4.79 Å². The SMILES string of the molecule is CCn1nc(C)c(CN(C)C(=O)c2cccc(Br)c2)c1C. The molecular weight excluding hydrogens is 330 g/mol. The van der Waals surface area contributed by atoms with Crippen LogP contribution in [0.5, 0.6) is 0 Å². The molecule has 0 saturated heterocycles. The van der Waals surface area contributed by atoms with Gasteiger partial charge < -0.3 is 4.90 Å². The number of rotatable bonds is 4. The number of hydrogen-bond acceptors (Lipinski definition) is 2. The monoisotopic (exact) mass is 349 g/mol. The highest BCUT2D eigenvalue weighted by Gasteiger charge is 2.17. The molecule has 0 saturated carbocycles. The fraction of sp³-hybridized carbons (Fsp3) is 0.375. The fourth-order valence-corrected chi connectivity index (χ4v) is 2.82. The average Bonchev–Trinajstić information content (AvgIpc) is 2.73. The lowest BCUT2D eigenvalue weighted by Gasteiger charge is -2.18. The molecule has 1 aromatic carbocycles. The van der Waals surface area contributed by atoms with Crippen LogP contribution in [0.3, 0.4) is 0 Å². The summed E-state index contributed by atoms with van der Waals surface area (Å²) < 4.78 is 2.88. The molecule has 0 fully saturated rings. The fourth-order valence-electron chi connectivity index (χ4n) is 2.42. The van der Waals surface area contributed by atoms with Gasteiger partial charge in [0.25, 0.3) is 5.91 Å². The summed E-state index contributed by atoms with van der Waals surface area (Å²) in [4.78, 5) is 14.2. The minimum Gasteiger partial charge on any atom is -0.337 e. The molecule has 1 amide bonds. The van der Waals surface area contributed by atoms with Crippen LogP contribution in [0.15, 0.2) is 28.7 Å². The number of amides is 1. The highest BCUT2D eigenvalue weighted by atomic mass is 79.9. The van der Waals surface area contributed by atoms with Gasteiger partial charge in [-0.15, -0.1) is 0 Å². The Hall–Kier alpha value is -1.62. The highest BCUT2D eigenvalue weighted by Crippen LogP contribution is 2.18. The van der Waals surface area contributed by atoms with Crippen LogP contribution in [0.25, 0.3) is 0 Å². The molecule has 1 aromatic heterocycles. The summed E-state index contributed by atoms with van der Waals surface area (Å²) in [5, 5.41) is 4.50. The molecule has 0 atom stereocenters. The first-order valence-electron chi connectivity index (χ1n) is 6.98. The van der Waals surface area contributed by atoms with E-state index in [4.69, 9.17) is 0 Å². The Morgan fingerprint density at radius 2 is 2.10 bits per heavy atom. The van der Waals surface area contributed by atoms with Crippen molar-refractivity contribution in [2.24, 2.45) is 0 Å². The molecule has 0 N–H and O–H groups in total. The van der Waals surface area contributed by atoms with E-state index in [1.165, 1.54) is 0 Å². The van der Waals surface area contributed by atoms with Crippen LogP contribution in [0, 0.1) is 13.8 Å². The first-order valence-corrected chi connectivity index (χ1v) is 7.77. The van der Waals surface area contributed by atoms with Crippen LogP contribution >= 0.6 is 15.9 Å². The number of hydrogen-bond donors (Lipinski definition) is 0. The third kappa shape index (κ3) is 3.35. The number of aromatic nitrogens is 2. The van der Waals surface area contributed by atoms with Crippen molar-refractivity contribution in [3.63, 3.8) is 0 Å². The van der Waals surface area contributed by atoms with E-state index in [9.17, 15) is 4.79 Å². The molecule has 0 bridgehead atoms. The maximum Gasteiger partial charge on any atom is 0.253 e. The maximum atomic E-state index is 12.5. The predicted octanol–water partition coefficient (Wildman–Crippen LogP) is 3.55. The summed E-state index contributed by atoms with van der Waals surface area (Å²) in [6.07, 6.45) is 0. The van der Waals surface area contributed by atoms with Gasteiger partial charge in [0.1, 0.15) is 0 Å². The number of carbonyl (C=O) groups is 1. The van der Waals surface area contributed by atoms with Gasteiger partial charge in [0.2, 0.25) is 0 Å². The predicted molar refractivity (Wildman–Crippen MR) is 87.3 cm³/mol. The summed E-state index contributed by atoms with van der Waals surface area (Å²) in [5.74, 6) is 0.0133. The molecule has 0 aliphatic carbocycles. The van der Waals surface area contributed by atoms with E-state index in [1.807, 2.05) is 42.9 Å². The summed E-state index contributed by atoms with van der Waals surface area (Å²) in [6.45, 7) is 7.53. The lowest BCUT2D eigenvalue weighted by atomic mass is 10.1. The number of carbonyl (C=O) groups excluding carboxylic acids is 1. The largest absolute Gasteiger partial charge is 0.337 e. The van der Waals surface area contributed by atoms with E-state index >= 15 is 0 Å². The van der Waals surface area contributed by atoms with Crippen LogP contribution < -0.4 is 0 Å². The van der Waals surface area contributed by atoms with Crippen LogP contribution in [0.2, 0.25) is 0 Å². The molecule has 21 heavy (non-hydrogen) atoms. The Morgan fingerprint density at radius 3 is 2.67 bits per heavy atom. The summed E-state index contributed by atoms with van der Waals surface area (Å²) in [6, 6.07) is 7.46. The topological polar surface area (TPSA) is 38.1 Å². The molecule has 2 rings (SSSR count). The van der Waals surface area contributed by atoms with Gasteiger partial charge in [0.05, 0.1) is 5.69 Å². The average molecular weight is 350 g/mol. The van der Waals surface area contributed by atoms with Crippen molar-refractivity contribution in [2.45, 2.75) is 33.9 Å². The van der Waals surface area contributed by atoms with Gasteiger partial charge in [-0.25, -0.2) is 0 Å². The zero-order valence-corrected chi connectivity index (χ0v) is 14.4. The van der Waals surface area contributed by atoms with Gasteiger partial charge >= 0.3 is 0 Å². The van der Waals surface area contributed by atoms with E-state index in [0.717, 1.165) is 28.0 Å².